The maximum absolute atomic E-state index is 5.92. The second-order valence-corrected chi connectivity index (χ2v) is 5.71. The van der Waals surface area contributed by atoms with Crippen molar-refractivity contribution in [2.24, 2.45) is 0 Å². The number of hydrogen-bond donors (Lipinski definition) is 0. The van der Waals surface area contributed by atoms with Crippen LogP contribution in [0.2, 0.25) is 0 Å². The summed E-state index contributed by atoms with van der Waals surface area (Å²) in [6.45, 7) is 5.04. The van der Waals surface area contributed by atoms with Gasteiger partial charge in [0.1, 0.15) is 5.75 Å². The molecule has 0 spiro atoms. The van der Waals surface area contributed by atoms with Crippen molar-refractivity contribution in [2.45, 2.75) is 26.2 Å². The van der Waals surface area contributed by atoms with Crippen molar-refractivity contribution in [3.63, 3.8) is 0 Å². The van der Waals surface area contributed by atoms with Crippen molar-refractivity contribution in [3.05, 3.63) is 58.3 Å². The molecule has 2 nitrogen and oxygen atoms in total. The minimum absolute atomic E-state index is 0.452. The Morgan fingerprint density at radius 1 is 1.16 bits per heavy atom. The van der Waals surface area contributed by atoms with E-state index in [9.17, 15) is 0 Å². The van der Waals surface area contributed by atoms with Crippen LogP contribution in [0, 0.1) is 0 Å². The van der Waals surface area contributed by atoms with Crippen LogP contribution < -0.4 is 4.74 Å². The number of ether oxygens (including phenoxy) is 1. The van der Waals surface area contributed by atoms with Crippen LogP contribution in [0.3, 0.4) is 0 Å². The molecular formula is C16H18BrNO. The fourth-order valence-corrected chi connectivity index (χ4v) is 2.31. The number of halogens is 1. The molecule has 100 valence electrons. The molecule has 2 aromatic rings. The SMILES string of the molecule is CC(C)c1cc(Br)ccc1OCCc1ccncc1. The van der Waals surface area contributed by atoms with Gasteiger partial charge in [-0.05, 0) is 47.4 Å². The Labute approximate surface area is 123 Å². The predicted molar refractivity (Wildman–Crippen MR) is 81.7 cm³/mol. The molecule has 0 saturated heterocycles. The molecule has 0 bridgehead atoms. The number of hydrogen-bond acceptors (Lipinski definition) is 2. The van der Waals surface area contributed by atoms with Crippen molar-refractivity contribution >= 4 is 15.9 Å². The molecule has 0 unspecified atom stereocenters. The summed E-state index contributed by atoms with van der Waals surface area (Å²) < 4.78 is 7.01. The van der Waals surface area contributed by atoms with Crippen LogP contribution >= 0.6 is 15.9 Å². The Bertz CT molecular complexity index is 526. The Morgan fingerprint density at radius 2 is 1.89 bits per heavy atom. The molecule has 0 radical (unpaired) electrons. The maximum Gasteiger partial charge on any atom is 0.122 e. The zero-order valence-corrected chi connectivity index (χ0v) is 12.9. The van der Waals surface area contributed by atoms with Crippen LogP contribution in [0.4, 0.5) is 0 Å². The van der Waals surface area contributed by atoms with Crippen molar-refractivity contribution in [3.8, 4) is 5.75 Å². The smallest absolute Gasteiger partial charge is 0.122 e. The van der Waals surface area contributed by atoms with Gasteiger partial charge in [-0.1, -0.05) is 29.8 Å². The first-order valence-corrected chi connectivity index (χ1v) is 7.27. The first kappa shape index (κ1) is 14.1. The number of nitrogens with zero attached hydrogens (tertiary/aromatic N) is 1. The van der Waals surface area contributed by atoms with Crippen molar-refractivity contribution in [2.75, 3.05) is 6.61 Å². The summed E-state index contributed by atoms with van der Waals surface area (Å²) >= 11 is 3.51. The highest BCUT2D eigenvalue weighted by atomic mass is 79.9. The minimum Gasteiger partial charge on any atom is -0.493 e. The molecule has 0 aliphatic carbocycles. The molecule has 0 saturated carbocycles. The third-order valence-electron chi connectivity index (χ3n) is 2.99. The first-order chi connectivity index (χ1) is 9.16. The Balaban J connectivity index is 2.00. The average Bonchev–Trinajstić information content (AvgIpc) is 2.41. The summed E-state index contributed by atoms with van der Waals surface area (Å²) in [5.41, 5.74) is 2.49. The molecule has 1 aromatic heterocycles. The third kappa shape index (κ3) is 4.06. The fraction of sp³-hybridized carbons (Fsp3) is 0.312. The summed E-state index contributed by atoms with van der Waals surface area (Å²) in [7, 11) is 0. The Morgan fingerprint density at radius 3 is 2.58 bits per heavy atom. The monoisotopic (exact) mass is 319 g/mol. The van der Waals surface area contributed by atoms with Gasteiger partial charge in [-0.25, -0.2) is 0 Å². The molecular weight excluding hydrogens is 302 g/mol. The van der Waals surface area contributed by atoms with Crippen molar-refractivity contribution in [1.29, 1.82) is 0 Å². The number of rotatable bonds is 5. The minimum atomic E-state index is 0.452. The molecule has 0 aliphatic heterocycles. The predicted octanol–water partition coefficient (Wildman–Crippen LogP) is 4.59. The quantitative estimate of drug-likeness (QED) is 0.804. The lowest BCUT2D eigenvalue weighted by Crippen LogP contribution is -2.04. The van der Waals surface area contributed by atoms with Crippen LogP contribution in [-0.4, -0.2) is 11.6 Å². The highest BCUT2D eigenvalue weighted by Gasteiger charge is 2.08. The van der Waals surface area contributed by atoms with Gasteiger partial charge in [0.2, 0.25) is 0 Å². The van der Waals surface area contributed by atoms with E-state index in [1.807, 2.05) is 36.7 Å². The second kappa shape index (κ2) is 6.71. The van der Waals surface area contributed by atoms with Gasteiger partial charge < -0.3 is 4.74 Å². The van der Waals surface area contributed by atoms with E-state index in [4.69, 9.17) is 4.74 Å². The summed E-state index contributed by atoms with van der Waals surface area (Å²) in [6, 6.07) is 10.2. The van der Waals surface area contributed by atoms with Crippen molar-refractivity contribution < 1.29 is 4.74 Å². The topological polar surface area (TPSA) is 22.1 Å². The van der Waals surface area contributed by atoms with E-state index >= 15 is 0 Å². The first-order valence-electron chi connectivity index (χ1n) is 6.48. The number of pyridine rings is 1. The Hall–Kier alpha value is -1.35. The standard InChI is InChI=1S/C16H18BrNO/c1-12(2)15-11-14(17)3-4-16(15)19-10-7-13-5-8-18-9-6-13/h3-6,8-9,11-12H,7,10H2,1-2H3. The van der Waals surface area contributed by atoms with Crippen LogP contribution in [0.25, 0.3) is 0 Å². The van der Waals surface area contributed by atoms with Crippen LogP contribution in [-0.2, 0) is 6.42 Å². The second-order valence-electron chi connectivity index (χ2n) is 4.79. The summed E-state index contributed by atoms with van der Waals surface area (Å²) in [4.78, 5) is 4.01. The lowest BCUT2D eigenvalue weighted by Gasteiger charge is -2.14. The van der Waals surface area contributed by atoms with Gasteiger partial charge >= 0.3 is 0 Å². The number of aromatic nitrogens is 1. The molecule has 1 aromatic carbocycles. The third-order valence-corrected chi connectivity index (χ3v) is 3.48. The average molecular weight is 320 g/mol. The summed E-state index contributed by atoms with van der Waals surface area (Å²) in [5, 5.41) is 0. The van der Waals surface area contributed by atoms with Crippen molar-refractivity contribution in [1.82, 2.24) is 4.98 Å². The molecule has 1 heterocycles. The molecule has 19 heavy (non-hydrogen) atoms. The largest absolute Gasteiger partial charge is 0.493 e. The normalized spacial score (nSPS) is 10.7. The zero-order chi connectivity index (χ0) is 13.7. The molecule has 2 rings (SSSR count). The summed E-state index contributed by atoms with van der Waals surface area (Å²) in [6.07, 6.45) is 4.53. The van der Waals surface area contributed by atoms with Crippen LogP contribution in [0.5, 0.6) is 5.75 Å². The lowest BCUT2D eigenvalue weighted by molar-refractivity contribution is 0.317. The van der Waals surface area contributed by atoms with Gasteiger partial charge in [0.15, 0.2) is 0 Å². The molecule has 0 amide bonds. The number of benzene rings is 1. The zero-order valence-electron chi connectivity index (χ0n) is 11.3. The van der Waals surface area contributed by atoms with E-state index in [0.29, 0.717) is 12.5 Å². The van der Waals surface area contributed by atoms with E-state index < -0.39 is 0 Å². The fourth-order valence-electron chi connectivity index (χ4n) is 1.93. The van der Waals surface area contributed by atoms with Gasteiger partial charge in [0.05, 0.1) is 6.61 Å². The molecule has 0 aliphatic rings. The highest BCUT2D eigenvalue weighted by molar-refractivity contribution is 9.10. The van der Waals surface area contributed by atoms with Gasteiger partial charge in [-0.2, -0.15) is 0 Å². The van der Waals surface area contributed by atoms with Gasteiger partial charge in [-0.3, -0.25) is 4.98 Å². The van der Waals surface area contributed by atoms with Gasteiger partial charge in [-0.15, -0.1) is 0 Å². The van der Waals surface area contributed by atoms with Gasteiger partial charge in [0.25, 0.3) is 0 Å². The van der Waals surface area contributed by atoms with E-state index in [-0.39, 0.29) is 0 Å². The molecule has 3 heteroatoms. The van der Waals surface area contributed by atoms with E-state index in [1.54, 1.807) is 0 Å². The highest BCUT2D eigenvalue weighted by Crippen LogP contribution is 2.29. The molecule has 0 N–H and O–H groups in total. The maximum atomic E-state index is 5.92. The lowest BCUT2D eigenvalue weighted by atomic mass is 10.0. The molecule has 0 fully saturated rings. The van der Waals surface area contributed by atoms with Gasteiger partial charge in [0, 0.05) is 23.3 Å². The Kier molecular flexibility index (Phi) is 4.97. The molecule has 0 atom stereocenters. The van der Waals surface area contributed by atoms with E-state index in [0.717, 1.165) is 16.6 Å². The van der Waals surface area contributed by atoms with Crippen LogP contribution in [0.1, 0.15) is 30.9 Å². The van der Waals surface area contributed by atoms with E-state index in [1.165, 1.54) is 11.1 Å². The van der Waals surface area contributed by atoms with E-state index in [2.05, 4.69) is 40.8 Å². The summed E-state index contributed by atoms with van der Waals surface area (Å²) in [5.74, 6) is 1.43. The van der Waals surface area contributed by atoms with Crippen LogP contribution in [0.15, 0.2) is 47.2 Å².